The van der Waals surface area contributed by atoms with Crippen molar-refractivity contribution in [2.75, 3.05) is 5.01 Å². The second-order valence-corrected chi connectivity index (χ2v) is 7.95. The Bertz CT molecular complexity index is 1390. The summed E-state index contributed by atoms with van der Waals surface area (Å²) in [5, 5.41) is 3.18. The van der Waals surface area contributed by atoms with Crippen LogP contribution in [0.4, 0.5) is 5.69 Å². The van der Waals surface area contributed by atoms with Gasteiger partial charge in [0.1, 0.15) is 17.9 Å². The third-order valence-corrected chi connectivity index (χ3v) is 5.60. The Morgan fingerprint density at radius 1 is 0.879 bits per heavy atom. The van der Waals surface area contributed by atoms with Gasteiger partial charge in [0.15, 0.2) is 0 Å². The number of hydrogen-bond donors (Lipinski definition) is 1. The Morgan fingerprint density at radius 2 is 1.67 bits per heavy atom. The lowest BCUT2D eigenvalue weighted by Gasteiger charge is -2.14. The highest BCUT2D eigenvalue weighted by molar-refractivity contribution is 6.32. The van der Waals surface area contributed by atoms with Crippen LogP contribution in [0.15, 0.2) is 96.6 Å². The summed E-state index contributed by atoms with van der Waals surface area (Å²) in [6, 6.07) is 28.9. The summed E-state index contributed by atoms with van der Waals surface area (Å²) in [7, 11) is 0. The molecule has 5 heteroatoms. The lowest BCUT2D eigenvalue weighted by atomic mass is 10.0. The van der Waals surface area contributed by atoms with E-state index in [1.165, 1.54) is 5.01 Å². The smallest absolute Gasteiger partial charge is 0.282 e. The van der Waals surface area contributed by atoms with E-state index in [4.69, 9.17) is 4.74 Å². The van der Waals surface area contributed by atoms with E-state index in [0.29, 0.717) is 23.6 Å². The van der Waals surface area contributed by atoms with Crippen molar-refractivity contribution in [2.45, 2.75) is 13.5 Å². The number of fused-ring (bicyclic) bond motifs is 1. The van der Waals surface area contributed by atoms with E-state index < -0.39 is 11.8 Å². The van der Waals surface area contributed by atoms with Crippen molar-refractivity contribution in [3.8, 4) is 5.75 Å². The van der Waals surface area contributed by atoms with E-state index in [2.05, 4.69) is 11.5 Å². The number of aryl methyl sites for hydroxylation is 1. The standard InChI is InChI=1S/C28H22N2O3/c1-19-8-7-9-20(16-19)18-33-26-15-14-21-10-5-6-13-23(21)24(26)17-25-27(31)29-30(28(25)32)22-11-3-2-4-12-22/h2-17H,18H2,1H3,(H,29,31)/b25-17-. The van der Waals surface area contributed by atoms with Crippen molar-refractivity contribution in [3.63, 3.8) is 0 Å². The molecule has 0 bridgehead atoms. The first-order valence-corrected chi connectivity index (χ1v) is 10.7. The fourth-order valence-corrected chi connectivity index (χ4v) is 3.97. The molecule has 1 fully saturated rings. The number of hydrazine groups is 1. The lowest BCUT2D eigenvalue weighted by molar-refractivity contribution is -0.117. The second-order valence-electron chi connectivity index (χ2n) is 7.95. The minimum Gasteiger partial charge on any atom is -0.488 e. The molecule has 1 heterocycles. The molecule has 4 aromatic rings. The molecule has 4 aromatic carbocycles. The van der Waals surface area contributed by atoms with Crippen molar-refractivity contribution in [3.05, 3.63) is 113 Å². The molecule has 5 nitrogen and oxygen atoms in total. The van der Waals surface area contributed by atoms with Gasteiger partial charge in [0, 0.05) is 5.56 Å². The topological polar surface area (TPSA) is 58.6 Å². The molecule has 162 valence electrons. The van der Waals surface area contributed by atoms with Crippen LogP contribution < -0.4 is 15.2 Å². The number of rotatable bonds is 5. The first-order valence-electron chi connectivity index (χ1n) is 10.7. The molecule has 0 radical (unpaired) electrons. The molecule has 1 aliphatic heterocycles. The van der Waals surface area contributed by atoms with Gasteiger partial charge in [0.2, 0.25) is 0 Å². The zero-order valence-corrected chi connectivity index (χ0v) is 18.1. The quantitative estimate of drug-likeness (QED) is 0.347. The number of anilines is 1. The summed E-state index contributed by atoms with van der Waals surface area (Å²) in [5.41, 5.74) is 6.24. The molecule has 5 rings (SSSR count). The Balaban J connectivity index is 1.55. The van der Waals surface area contributed by atoms with Crippen LogP contribution >= 0.6 is 0 Å². The zero-order chi connectivity index (χ0) is 22.8. The van der Waals surface area contributed by atoms with Crippen molar-refractivity contribution in [1.82, 2.24) is 5.43 Å². The van der Waals surface area contributed by atoms with Crippen molar-refractivity contribution in [2.24, 2.45) is 0 Å². The van der Waals surface area contributed by atoms with Crippen LogP contribution in [-0.4, -0.2) is 11.8 Å². The number of amides is 2. The Labute approximate surface area is 191 Å². The summed E-state index contributed by atoms with van der Waals surface area (Å²) < 4.78 is 6.18. The zero-order valence-electron chi connectivity index (χ0n) is 18.1. The van der Waals surface area contributed by atoms with Gasteiger partial charge < -0.3 is 4.74 Å². The van der Waals surface area contributed by atoms with Gasteiger partial charge in [-0.1, -0.05) is 78.4 Å². The molecule has 0 aromatic heterocycles. The summed E-state index contributed by atoms with van der Waals surface area (Å²) in [4.78, 5) is 25.9. The van der Waals surface area contributed by atoms with Crippen LogP contribution in [0.1, 0.15) is 16.7 Å². The third kappa shape index (κ3) is 4.08. The number of para-hydroxylation sites is 1. The minimum absolute atomic E-state index is 0.0654. The molecule has 33 heavy (non-hydrogen) atoms. The summed E-state index contributed by atoms with van der Waals surface area (Å²) in [6.45, 7) is 2.42. The number of carbonyl (C=O) groups is 2. The first kappa shape index (κ1) is 20.5. The normalized spacial score (nSPS) is 14.7. The van der Waals surface area contributed by atoms with E-state index >= 15 is 0 Å². The number of nitrogens with zero attached hydrogens (tertiary/aromatic N) is 1. The van der Waals surface area contributed by atoms with Crippen molar-refractivity contribution in [1.29, 1.82) is 0 Å². The molecule has 0 spiro atoms. The third-order valence-electron chi connectivity index (χ3n) is 5.60. The predicted octanol–water partition coefficient (Wildman–Crippen LogP) is 5.19. The van der Waals surface area contributed by atoms with Gasteiger partial charge in [-0.2, -0.15) is 0 Å². The van der Waals surface area contributed by atoms with E-state index in [9.17, 15) is 9.59 Å². The van der Waals surface area contributed by atoms with E-state index in [-0.39, 0.29) is 5.57 Å². The molecule has 1 aliphatic rings. The number of hydrogen-bond acceptors (Lipinski definition) is 3. The highest BCUT2D eigenvalue weighted by atomic mass is 16.5. The number of nitrogens with one attached hydrogen (secondary N) is 1. The molecule has 0 saturated carbocycles. The summed E-state index contributed by atoms with van der Waals surface area (Å²) in [5.74, 6) is -0.230. The molecule has 0 atom stereocenters. The predicted molar refractivity (Wildman–Crippen MR) is 130 cm³/mol. The molecule has 1 N–H and O–H groups in total. The lowest BCUT2D eigenvalue weighted by Crippen LogP contribution is -2.35. The van der Waals surface area contributed by atoms with Crippen LogP contribution in [0.2, 0.25) is 0 Å². The van der Waals surface area contributed by atoms with Gasteiger partial charge in [0.05, 0.1) is 5.69 Å². The van der Waals surface area contributed by atoms with Crippen molar-refractivity contribution >= 4 is 34.4 Å². The van der Waals surface area contributed by atoms with Gasteiger partial charge in [-0.05, 0) is 47.5 Å². The number of benzene rings is 4. The van der Waals surface area contributed by atoms with Gasteiger partial charge in [0.25, 0.3) is 11.8 Å². The van der Waals surface area contributed by atoms with Crippen LogP contribution in [-0.2, 0) is 16.2 Å². The van der Waals surface area contributed by atoms with Gasteiger partial charge in [-0.25, -0.2) is 5.01 Å². The highest BCUT2D eigenvalue weighted by Crippen LogP contribution is 2.32. The fourth-order valence-electron chi connectivity index (χ4n) is 3.97. The second kappa shape index (κ2) is 8.63. The highest BCUT2D eigenvalue weighted by Gasteiger charge is 2.34. The maximum Gasteiger partial charge on any atom is 0.282 e. The Hall–Kier alpha value is -4.38. The number of ether oxygens (including phenoxy) is 1. The first-order chi connectivity index (χ1) is 16.1. The Morgan fingerprint density at radius 3 is 2.48 bits per heavy atom. The van der Waals surface area contributed by atoms with Crippen LogP contribution in [0.25, 0.3) is 16.8 Å². The summed E-state index contributed by atoms with van der Waals surface area (Å²) >= 11 is 0. The molecular weight excluding hydrogens is 412 g/mol. The van der Waals surface area contributed by atoms with Gasteiger partial charge >= 0.3 is 0 Å². The maximum absolute atomic E-state index is 13.1. The van der Waals surface area contributed by atoms with E-state index in [1.807, 2.05) is 79.7 Å². The molecule has 1 saturated heterocycles. The average molecular weight is 434 g/mol. The van der Waals surface area contributed by atoms with Gasteiger partial charge in [-0.15, -0.1) is 0 Å². The monoisotopic (exact) mass is 434 g/mol. The van der Waals surface area contributed by atoms with E-state index in [0.717, 1.165) is 21.9 Å². The SMILES string of the molecule is Cc1cccc(COc2ccc3ccccc3c2/C=C2/C(=O)NN(c3ccccc3)C2=O)c1. The fraction of sp³-hybridized carbons (Fsp3) is 0.0714. The minimum atomic E-state index is -0.443. The Kier molecular flexibility index (Phi) is 5.37. The molecule has 0 aliphatic carbocycles. The van der Waals surface area contributed by atoms with E-state index in [1.54, 1.807) is 18.2 Å². The van der Waals surface area contributed by atoms with Crippen LogP contribution in [0.3, 0.4) is 0 Å². The van der Waals surface area contributed by atoms with Gasteiger partial charge in [-0.3, -0.25) is 15.0 Å². The average Bonchev–Trinajstić information content (AvgIpc) is 3.12. The largest absolute Gasteiger partial charge is 0.488 e. The number of carbonyl (C=O) groups excluding carboxylic acids is 2. The maximum atomic E-state index is 13.1. The molecule has 0 unspecified atom stereocenters. The molecule has 2 amide bonds. The van der Waals surface area contributed by atoms with Crippen LogP contribution in [0, 0.1) is 6.92 Å². The van der Waals surface area contributed by atoms with Crippen LogP contribution in [0.5, 0.6) is 5.75 Å². The summed E-state index contributed by atoms with van der Waals surface area (Å²) in [6.07, 6.45) is 1.63. The molecular formula is C28H22N2O3. The van der Waals surface area contributed by atoms with Crippen molar-refractivity contribution < 1.29 is 14.3 Å².